The number of hydrogen-bond acceptors (Lipinski definition) is 3. The maximum absolute atomic E-state index is 12.7. The molecule has 2 N–H and O–H groups in total. The smallest absolute Gasteiger partial charge is 0.239 e. The molecule has 1 heterocycles. The standard InChI is InChI=1S/C13H17FN2O.C2H3N/c14-11-5-3-10(4-6-11)9-12(15)13(17)16-7-1-2-8-16;1-2-3/h3-6,12H,1-2,7-9,15H2;1H3/t12-;/m0./s1. The molecule has 2 rings (SSSR count). The molecule has 0 saturated carbocycles. The molecule has 4 nitrogen and oxygen atoms in total. The van der Waals surface area contributed by atoms with E-state index in [0.29, 0.717) is 6.42 Å². The Morgan fingerprint density at radius 3 is 2.40 bits per heavy atom. The number of benzene rings is 1. The van der Waals surface area contributed by atoms with Gasteiger partial charge >= 0.3 is 0 Å². The summed E-state index contributed by atoms with van der Waals surface area (Å²) in [5.41, 5.74) is 6.78. The van der Waals surface area contributed by atoms with E-state index in [1.807, 2.05) is 4.90 Å². The van der Waals surface area contributed by atoms with Gasteiger partial charge in [0.05, 0.1) is 12.1 Å². The first-order chi connectivity index (χ1) is 9.58. The predicted octanol–water partition coefficient (Wildman–Crippen LogP) is 1.85. The number of nitriles is 1. The van der Waals surface area contributed by atoms with Crippen LogP contribution in [-0.4, -0.2) is 29.9 Å². The van der Waals surface area contributed by atoms with Gasteiger partial charge in [-0.1, -0.05) is 12.1 Å². The van der Waals surface area contributed by atoms with Crippen LogP contribution in [0.5, 0.6) is 0 Å². The molecule has 1 amide bonds. The van der Waals surface area contributed by atoms with Gasteiger partial charge in [0.1, 0.15) is 5.82 Å². The van der Waals surface area contributed by atoms with Crippen LogP contribution in [0, 0.1) is 17.1 Å². The van der Waals surface area contributed by atoms with E-state index in [2.05, 4.69) is 0 Å². The van der Waals surface area contributed by atoms with Crippen LogP contribution < -0.4 is 5.73 Å². The third kappa shape index (κ3) is 4.98. The molecule has 1 aromatic carbocycles. The number of amides is 1. The van der Waals surface area contributed by atoms with Gasteiger partial charge < -0.3 is 10.6 Å². The average Bonchev–Trinajstić information content (AvgIpc) is 2.95. The van der Waals surface area contributed by atoms with Gasteiger partial charge in [-0.3, -0.25) is 4.79 Å². The molecule has 5 heteroatoms. The number of nitrogens with two attached hydrogens (primary N) is 1. The van der Waals surface area contributed by atoms with Gasteiger partial charge in [-0.25, -0.2) is 4.39 Å². The predicted molar refractivity (Wildman–Crippen MR) is 75.2 cm³/mol. The zero-order valence-corrected chi connectivity index (χ0v) is 11.7. The third-order valence-electron chi connectivity index (χ3n) is 3.10. The van der Waals surface area contributed by atoms with Gasteiger partial charge in [-0.2, -0.15) is 5.26 Å². The summed E-state index contributed by atoms with van der Waals surface area (Å²) in [6, 6.07) is 7.36. The third-order valence-corrected chi connectivity index (χ3v) is 3.10. The minimum absolute atomic E-state index is 0.00632. The lowest BCUT2D eigenvalue weighted by Gasteiger charge is -2.20. The molecule has 1 atom stereocenters. The van der Waals surface area contributed by atoms with Crippen molar-refractivity contribution in [3.63, 3.8) is 0 Å². The zero-order valence-electron chi connectivity index (χ0n) is 11.7. The molecular formula is C15H20FN3O. The molecule has 1 saturated heterocycles. The first kappa shape index (κ1) is 16.1. The Morgan fingerprint density at radius 1 is 1.40 bits per heavy atom. The number of hydrogen-bond donors (Lipinski definition) is 1. The normalized spacial score (nSPS) is 15.0. The summed E-state index contributed by atoms with van der Waals surface area (Å²) in [4.78, 5) is 13.8. The van der Waals surface area contributed by atoms with Crippen LogP contribution in [0.25, 0.3) is 0 Å². The number of likely N-dealkylation sites (tertiary alicyclic amines) is 1. The molecule has 0 bridgehead atoms. The van der Waals surface area contributed by atoms with E-state index in [-0.39, 0.29) is 11.7 Å². The Morgan fingerprint density at radius 2 is 1.90 bits per heavy atom. The summed E-state index contributed by atoms with van der Waals surface area (Å²) in [6.07, 6.45) is 2.60. The summed E-state index contributed by atoms with van der Waals surface area (Å²) < 4.78 is 12.7. The van der Waals surface area contributed by atoms with Gasteiger partial charge in [0, 0.05) is 20.0 Å². The summed E-state index contributed by atoms with van der Waals surface area (Å²) in [5.74, 6) is -0.264. The Balaban J connectivity index is 0.000000612. The Kier molecular flexibility index (Phi) is 6.68. The molecule has 0 aliphatic carbocycles. The quantitative estimate of drug-likeness (QED) is 0.916. The fraction of sp³-hybridized carbons (Fsp3) is 0.467. The van der Waals surface area contributed by atoms with Crippen LogP contribution in [0.3, 0.4) is 0 Å². The lowest BCUT2D eigenvalue weighted by molar-refractivity contribution is -0.131. The van der Waals surface area contributed by atoms with E-state index in [4.69, 9.17) is 11.0 Å². The molecule has 0 aromatic heterocycles. The fourth-order valence-corrected chi connectivity index (χ4v) is 2.13. The van der Waals surface area contributed by atoms with E-state index in [9.17, 15) is 9.18 Å². The van der Waals surface area contributed by atoms with E-state index < -0.39 is 6.04 Å². The van der Waals surface area contributed by atoms with Gasteiger partial charge in [0.2, 0.25) is 5.91 Å². The van der Waals surface area contributed by atoms with Gasteiger partial charge in [-0.05, 0) is 37.0 Å². The fourth-order valence-electron chi connectivity index (χ4n) is 2.13. The van der Waals surface area contributed by atoms with Crippen molar-refractivity contribution in [2.75, 3.05) is 13.1 Å². The highest BCUT2D eigenvalue weighted by atomic mass is 19.1. The highest BCUT2D eigenvalue weighted by Crippen LogP contribution is 2.11. The van der Waals surface area contributed by atoms with Gasteiger partial charge in [0.25, 0.3) is 0 Å². The summed E-state index contributed by atoms with van der Waals surface area (Å²) >= 11 is 0. The van der Waals surface area contributed by atoms with Crippen LogP contribution >= 0.6 is 0 Å². The molecule has 108 valence electrons. The average molecular weight is 277 g/mol. The molecule has 1 fully saturated rings. The topological polar surface area (TPSA) is 70.1 Å². The van der Waals surface area contributed by atoms with Crippen molar-refractivity contribution >= 4 is 5.91 Å². The van der Waals surface area contributed by atoms with Crippen molar-refractivity contribution in [3.8, 4) is 6.07 Å². The number of carbonyl (C=O) groups excluding carboxylic acids is 1. The Labute approximate surface area is 119 Å². The second-order valence-corrected chi connectivity index (χ2v) is 4.69. The molecule has 1 aromatic rings. The molecule has 1 aliphatic rings. The number of rotatable bonds is 3. The Bertz CT molecular complexity index is 461. The van der Waals surface area contributed by atoms with E-state index in [0.717, 1.165) is 31.5 Å². The minimum Gasteiger partial charge on any atom is -0.341 e. The van der Waals surface area contributed by atoms with Crippen molar-refractivity contribution in [1.29, 1.82) is 5.26 Å². The molecule has 1 aliphatic heterocycles. The molecule has 0 spiro atoms. The van der Waals surface area contributed by atoms with Gasteiger partial charge in [-0.15, -0.1) is 0 Å². The number of nitrogens with zero attached hydrogens (tertiary/aromatic N) is 2. The van der Waals surface area contributed by atoms with Crippen molar-refractivity contribution in [3.05, 3.63) is 35.6 Å². The number of carbonyl (C=O) groups is 1. The van der Waals surface area contributed by atoms with E-state index >= 15 is 0 Å². The van der Waals surface area contributed by atoms with Crippen molar-refractivity contribution in [1.82, 2.24) is 4.90 Å². The van der Waals surface area contributed by atoms with Crippen LogP contribution in [0.2, 0.25) is 0 Å². The zero-order chi connectivity index (χ0) is 15.0. The SMILES string of the molecule is CC#N.N[C@@H](Cc1ccc(F)cc1)C(=O)N1CCCC1. The van der Waals surface area contributed by atoms with Crippen molar-refractivity contribution in [2.24, 2.45) is 5.73 Å². The monoisotopic (exact) mass is 277 g/mol. The maximum Gasteiger partial charge on any atom is 0.239 e. The van der Waals surface area contributed by atoms with Crippen LogP contribution in [0.1, 0.15) is 25.3 Å². The highest BCUT2D eigenvalue weighted by Gasteiger charge is 2.23. The van der Waals surface area contributed by atoms with Gasteiger partial charge in [0.15, 0.2) is 0 Å². The second kappa shape index (κ2) is 8.28. The maximum atomic E-state index is 12.7. The molecule has 0 unspecified atom stereocenters. The highest BCUT2D eigenvalue weighted by molar-refractivity contribution is 5.82. The number of halogens is 1. The van der Waals surface area contributed by atoms with Crippen LogP contribution in [0.15, 0.2) is 24.3 Å². The first-order valence-electron chi connectivity index (χ1n) is 6.68. The lowest BCUT2D eigenvalue weighted by Crippen LogP contribution is -2.43. The van der Waals surface area contributed by atoms with Crippen molar-refractivity contribution in [2.45, 2.75) is 32.2 Å². The van der Waals surface area contributed by atoms with E-state index in [1.165, 1.54) is 19.1 Å². The van der Waals surface area contributed by atoms with Crippen molar-refractivity contribution < 1.29 is 9.18 Å². The van der Waals surface area contributed by atoms with E-state index in [1.54, 1.807) is 18.2 Å². The molecule has 20 heavy (non-hydrogen) atoms. The Hall–Kier alpha value is -1.93. The van der Waals surface area contributed by atoms with Crippen LogP contribution in [-0.2, 0) is 11.2 Å². The largest absolute Gasteiger partial charge is 0.341 e. The summed E-state index contributed by atoms with van der Waals surface area (Å²) in [5, 5.41) is 7.32. The molecule has 0 radical (unpaired) electrons. The second-order valence-electron chi connectivity index (χ2n) is 4.69. The minimum atomic E-state index is -0.515. The van der Waals surface area contributed by atoms with Crippen LogP contribution in [0.4, 0.5) is 4.39 Å². The molecular weight excluding hydrogens is 257 g/mol. The summed E-state index contributed by atoms with van der Waals surface area (Å²) in [7, 11) is 0. The first-order valence-corrected chi connectivity index (χ1v) is 6.68. The summed E-state index contributed by atoms with van der Waals surface area (Å²) in [6.45, 7) is 3.06. The lowest BCUT2D eigenvalue weighted by atomic mass is 10.1.